The summed E-state index contributed by atoms with van der Waals surface area (Å²) >= 11 is 0. The van der Waals surface area contributed by atoms with Gasteiger partial charge in [0.05, 0.1) is 5.92 Å². The quantitative estimate of drug-likeness (QED) is 0.866. The standard InChI is InChI=1S/C15H18N2O3/c18-14(19)10-5-6-13(7-10)16-15(20)17-8-11-3-1-2-4-12(11)9-17/h1-4,10,13H,5-9H2,(H,16,20)(H,18,19). The zero-order chi connectivity index (χ0) is 14.1. The highest BCUT2D eigenvalue weighted by atomic mass is 16.4. The third-order valence-corrected chi connectivity index (χ3v) is 4.24. The zero-order valence-corrected chi connectivity index (χ0v) is 11.2. The van der Waals surface area contributed by atoms with Crippen LogP contribution in [0.4, 0.5) is 4.79 Å². The molecule has 3 rings (SSSR count). The van der Waals surface area contributed by atoms with Crippen molar-refractivity contribution < 1.29 is 14.7 Å². The van der Waals surface area contributed by atoms with Crippen molar-refractivity contribution in [1.82, 2.24) is 10.2 Å². The second kappa shape index (κ2) is 5.15. The van der Waals surface area contributed by atoms with Crippen LogP contribution in [0.3, 0.4) is 0 Å². The van der Waals surface area contributed by atoms with Gasteiger partial charge in [-0.15, -0.1) is 0 Å². The van der Waals surface area contributed by atoms with Gasteiger partial charge in [0.1, 0.15) is 0 Å². The van der Waals surface area contributed by atoms with Crippen LogP contribution < -0.4 is 5.32 Å². The molecule has 1 aliphatic heterocycles. The number of carbonyl (C=O) groups is 2. The van der Waals surface area contributed by atoms with Crippen molar-refractivity contribution in [1.29, 1.82) is 0 Å². The van der Waals surface area contributed by atoms with E-state index in [9.17, 15) is 9.59 Å². The van der Waals surface area contributed by atoms with Crippen LogP contribution in [0.5, 0.6) is 0 Å². The van der Waals surface area contributed by atoms with Gasteiger partial charge >= 0.3 is 12.0 Å². The Balaban J connectivity index is 1.56. The van der Waals surface area contributed by atoms with Gasteiger partial charge in [-0.2, -0.15) is 0 Å². The number of urea groups is 1. The van der Waals surface area contributed by atoms with Crippen molar-refractivity contribution in [2.24, 2.45) is 5.92 Å². The molecule has 2 unspecified atom stereocenters. The van der Waals surface area contributed by atoms with Crippen molar-refractivity contribution in [3.63, 3.8) is 0 Å². The summed E-state index contributed by atoms with van der Waals surface area (Å²) in [4.78, 5) is 24.9. The van der Waals surface area contributed by atoms with E-state index in [0.29, 0.717) is 25.9 Å². The summed E-state index contributed by atoms with van der Waals surface area (Å²) in [6.07, 6.45) is 1.95. The van der Waals surface area contributed by atoms with Crippen LogP contribution >= 0.6 is 0 Å². The number of nitrogens with one attached hydrogen (secondary N) is 1. The lowest BCUT2D eigenvalue weighted by molar-refractivity contribution is -0.141. The first-order chi connectivity index (χ1) is 9.63. The number of carboxylic acid groups (broad SMARTS) is 1. The molecule has 0 radical (unpaired) electrons. The molecule has 0 aromatic heterocycles. The number of benzene rings is 1. The molecule has 0 spiro atoms. The molecule has 20 heavy (non-hydrogen) atoms. The minimum atomic E-state index is -0.754. The van der Waals surface area contributed by atoms with Crippen molar-refractivity contribution in [3.05, 3.63) is 35.4 Å². The lowest BCUT2D eigenvalue weighted by Gasteiger charge is -2.20. The highest BCUT2D eigenvalue weighted by molar-refractivity contribution is 5.76. The fourth-order valence-corrected chi connectivity index (χ4v) is 3.08. The van der Waals surface area contributed by atoms with Crippen molar-refractivity contribution in [2.75, 3.05) is 0 Å². The van der Waals surface area contributed by atoms with Crippen LogP contribution in [-0.2, 0) is 17.9 Å². The monoisotopic (exact) mass is 274 g/mol. The van der Waals surface area contributed by atoms with E-state index in [1.165, 1.54) is 11.1 Å². The number of fused-ring (bicyclic) bond motifs is 1. The van der Waals surface area contributed by atoms with Crippen LogP contribution in [0.2, 0.25) is 0 Å². The van der Waals surface area contributed by atoms with Gasteiger partial charge in [0, 0.05) is 19.1 Å². The van der Waals surface area contributed by atoms with Crippen LogP contribution in [-0.4, -0.2) is 28.0 Å². The first-order valence-corrected chi connectivity index (χ1v) is 6.98. The van der Waals surface area contributed by atoms with Gasteiger partial charge < -0.3 is 15.3 Å². The van der Waals surface area contributed by atoms with Crippen molar-refractivity contribution in [2.45, 2.75) is 38.4 Å². The molecule has 0 bridgehead atoms. The van der Waals surface area contributed by atoms with Crippen LogP contribution in [0.1, 0.15) is 30.4 Å². The predicted molar refractivity (Wildman–Crippen MR) is 73.0 cm³/mol. The van der Waals surface area contributed by atoms with E-state index < -0.39 is 5.97 Å². The van der Waals surface area contributed by atoms with Gasteiger partial charge in [-0.3, -0.25) is 4.79 Å². The molecule has 2 atom stereocenters. The highest BCUT2D eigenvalue weighted by Crippen LogP contribution is 2.27. The molecule has 2 N–H and O–H groups in total. The number of carbonyl (C=O) groups excluding carboxylic acids is 1. The van der Waals surface area contributed by atoms with Gasteiger partial charge in [0.25, 0.3) is 0 Å². The van der Waals surface area contributed by atoms with E-state index in [-0.39, 0.29) is 18.0 Å². The zero-order valence-electron chi connectivity index (χ0n) is 11.2. The van der Waals surface area contributed by atoms with Gasteiger partial charge in [0.2, 0.25) is 0 Å². The summed E-state index contributed by atoms with van der Waals surface area (Å²) in [5.74, 6) is -1.06. The van der Waals surface area contributed by atoms with Gasteiger partial charge in [-0.05, 0) is 30.4 Å². The Morgan fingerprint density at radius 3 is 2.35 bits per heavy atom. The van der Waals surface area contributed by atoms with Crippen LogP contribution in [0, 0.1) is 5.92 Å². The molecule has 2 aliphatic rings. The van der Waals surface area contributed by atoms with E-state index >= 15 is 0 Å². The first kappa shape index (κ1) is 13.0. The largest absolute Gasteiger partial charge is 0.481 e. The minimum absolute atomic E-state index is 0.00712. The molecular formula is C15H18N2O3. The summed E-state index contributed by atoms with van der Waals surface area (Å²) in [6, 6.07) is 7.95. The molecule has 106 valence electrons. The summed E-state index contributed by atoms with van der Waals surface area (Å²) in [6.45, 7) is 1.27. The lowest BCUT2D eigenvalue weighted by atomic mass is 10.1. The Morgan fingerprint density at radius 1 is 1.15 bits per heavy atom. The minimum Gasteiger partial charge on any atom is -0.481 e. The molecular weight excluding hydrogens is 256 g/mol. The molecule has 2 amide bonds. The van der Waals surface area contributed by atoms with E-state index in [1.54, 1.807) is 4.90 Å². The Kier molecular flexibility index (Phi) is 3.34. The highest BCUT2D eigenvalue weighted by Gasteiger charge is 2.32. The molecule has 0 saturated heterocycles. The van der Waals surface area contributed by atoms with E-state index in [0.717, 1.165) is 6.42 Å². The molecule has 1 aromatic rings. The summed E-state index contributed by atoms with van der Waals surface area (Å²) in [5.41, 5.74) is 2.38. The molecule has 5 nitrogen and oxygen atoms in total. The Hall–Kier alpha value is -2.04. The number of amides is 2. The maximum atomic E-state index is 12.2. The topological polar surface area (TPSA) is 69.6 Å². The Labute approximate surface area is 117 Å². The molecule has 1 heterocycles. The average Bonchev–Trinajstić information content (AvgIpc) is 3.04. The first-order valence-electron chi connectivity index (χ1n) is 6.98. The third kappa shape index (κ3) is 2.48. The predicted octanol–water partition coefficient (Wildman–Crippen LogP) is 1.97. The third-order valence-electron chi connectivity index (χ3n) is 4.24. The van der Waals surface area contributed by atoms with Crippen LogP contribution in [0.25, 0.3) is 0 Å². The number of rotatable bonds is 2. The molecule has 1 aliphatic carbocycles. The molecule has 5 heteroatoms. The normalized spacial score (nSPS) is 24.5. The van der Waals surface area contributed by atoms with Crippen molar-refractivity contribution >= 4 is 12.0 Å². The molecule has 1 aromatic carbocycles. The molecule has 1 saturated carbocycles. The second-order valence-electron chi connectivity index (χ2n) is 5.62. The lowest BCUT2D eigenvalue weighted by Crippen LogP contribution is -2.41. The maximum absolute atomic E-state index is 12.2. The summed E-state index contributed by atoms with van der Waals surface area (Å²) in [5, 5.41) is 11.9. The number of nitrogens with zero attached hydrogens (tertiary/aromatic N) is 1. The summed E-state index contributed by atoms with van der Waals surface area (Å²) < 4.78 is 0. The SMILES string of the molecule is O=C(O)C1CCC(NC(=O)N2Cc3ccccc3C2)C1. The summed E-state index contributed by atoms with van der Waals surface area (Å²) in [7, 11) is 0. The number of hydrogen-bond acceptors (Lipinski definition) is 2. The van der Waals surface area contributed by atoms with Crippen molar-refractivity contribution in [3.8, 4) is 0 Å². The van der Waals surface area contributed by atoms with Gasteiger partial charge in [0.15, 0.2) is 0 Å². The Morgan fingerprint density at radius 2 is 1.80 bits per heavy atom. The van der Waals surface area contributed by atoms with Gasteiger partial charge in [-0.25, -0.2) is 4.79 Å². The fourth-order valence-electron chi connectivity index (χ4n) is 3.08. The molecule has 1 fully saturated rings. The van der Waals surface area contributed by atoms with E-state index in [1.807, 2.05) is 24.3 Å². The smallest absolute Gasteiger partial charge is 0.318 e. The average molecular weight is 274 g/mol. The Bertz CT molecular complexity index is 519. The van der Waals surface area contributed by atoms with Crippen LogP contribution in [0.15, 0.2) is 24.3 Å². The fraction of sp³-hybridized carbons (Fsp3) is 0.467. The number of carboxylic acids is 1. The number of aliphatic carboxylic acids is 1. The number of hydrogen-bond donors (Lipinski definition) is 2. The van der Waals surface area contributed by atoms with E-state index in [4.69, 9.17) is 5.11 Å². The second-order valence-corrected chi connectivity index (χ2v) is 5.62. The van der Waals surface area contributed by atoms with Gasteiger partial charge in [-0.1, -0.05) is 24.3 Å². The maximum Gasteiger partial charge on any atom is 0.318 e. The van der Waals surface area contributed by atoms with E-state index in [2.05, 4.69) is 5.32 Å².